The number of sulfonamides is 1. The number of carbonyl (C=O) groups is 1. The maximum atomic E-state index is 12.3. The average molecular weight is 594 g/mol. The van der Waals surface area contributed by atoms with Crippen LogP contribution in [0.25, 0.3) is 0 Å². The Kier molecular flexibility index (Phi) is 8.78. The van der Waals surface area contributed by atoms with Crippen LogP contribution < -0.4 is 25.0 Å². The van der Waals surface area contributed by atoms with Crippen molar-refractivity contribution < 1.29 is 22.7 Å². The number of hydrogen-bond donors (Lipinski definition) is 2. The fourth-order valence-corrected chi connectivity index (χ4v) is 5.99. The molecule has 2 aromatic rings. The number of nitrogens with one attached hydrogen (secondary N) is 2. The minimum absolute atomic E-state index is 0.120. The maximum absolute atomic E-state index is 12.3. The zero-order valence-electron chi connectivity index (χ0n) is 23.4. The van der Waals surface area contributed by atoms with Crippen molar-refractivity contribution in [2.45, 2.75) is 31.4 Å². The van der Waals surface area contributed by atoms with Gasteiger partial charge in [0.15, 0.2) is 0 Å². The Morgan fingerprint density at radius 1 is 1.25 bits per heavy atom. The van der Waals surface area contributed by atoms with Crippen LogP contribution in [-0.4, -0.2) is 98.8 Å². The van der Waals surface area contributed by atoms with E-state index in [0.29, 0.717) is 23.2 Å². The molecule has 0 saturated carbocycles. The number of amides is 1. The number of methoxy groups -OCH3 is 1. The van der Waals surface area contributed by atoms with Crippen LogP contribution in [0.1, 0.15) is 19.8 Å². The van der Waals surface area contributed by atoms with Gasteiger partial charge in [0, 0.05) is 25.2 Å². The van der Waals surface area contributed by atoms with Crippen LogP contribution in [0.15, 0.2) is 31.0 Å². The van der Waals surface area contributed by atoms with E-state index in [1.165, 1.54) is 16.6 Å². The number of carbonyl (C=O) groups excluding carboxylic acids is 1. The van der Waals surface area contributed by atoms with Gasteiger partial charge in [-0.15, -0.1) is 0 Å². The fourth-order valence-electron chi connectivity index (χ4n) is 4.84. The van der Waals surface area contributed by atoms with Crippen LogP contribution in [0.4, 0.5) is 23.0 Å². The third-order valence-corrected chi connectivity index (χ3v) is 8.54. The molecule has 1 aromatic carbocycles. The van der Waals surface area contributed by atoms with Crippen molar-refractivity contribution in [3.63, 3.8) is 0 Å². The second-order valence-corrected chi connectivity index (χ2v) is 12.9. The highest BCUT2D eigenvalue weighted by Gasteiger charge is 2.46. The third kappa shape index (κ3) is 6.77. The van der Waals surface area contributed by atoms with Gasteiger partial charge in [0.2, 0.25) is 27.8 Å². The Hall–Kier alpha value is -3.13. The number of piperidine rings is 1. The van der Waals surface area contributed by atoms with E-state index in [1.807, 2.05) is 6.07 Å². The average Bonchev–Trinajstić information content (AvgIpc) is 2.88. The van der Waals surface area contributed by atoms with Gasteiger partial charge in [-0.1, -0.05) is 18.2 Å². The molecule has 0 atom stereocenters. The highest BCUT2D eigenvalue weighted by atomic mass is 35.5. The molecule has 218 valence electrons. The zero-order chi connectivity index (χ0) is 29.2. The molecular weight excluding hydrogens is 558 g/mol. The molecule has 2 saturated heterocycles. The lowest BCUT2D eigenvalue weighted by Gasteiger charge is -2.45. The molecule has 3 heterocycles. The number of nitrogens with zero attached hydrogens (tertiary/aromatic N) is 5. The van der Waals surface area contributed by atoms with Crippen molar-refractivity contribution in [2.24, 2.45) is 0 Å². The zero-order valence-corrected chi connectivity index (χ0v) is 25.0. The van der Waals surface area contributed by atoms with E-state index < -0.39 is 15.6 Å². The van der Waals surface area contributed by atoms with Gasteiger partial charge in [-0.3, -0.25) is 4.79 Å². The smallest absolute Gasteiger partial charge is 0.247 e. The van der Waals surface area contributed by atoms with E-state index >= 15 is 0 Å². The highest BCUT2D eigenvalue weighted by molar-refractivity contribution is 7.88. The molecule has 0 spiro atoms. The summed E-state index contributed by atoms with van der Waals surface area (Å²) in [5, 5.41) is 6.23. The highest BCUT2D eigenvalue weighted by Crippen LogP contribution is 2.40. The van der Waals surface area contributed by atoms with Crippen molar-refractivity contribution in [1.29, 1.82) is 0 Å². The minimum atomic E-state index is -3.31. The number of rotatable bonds is 10. The first-order valence-corrected chi connectivity index (χ1v) is 15.0. The van der Waals surface area contributed by atoms with Gasteiger partial charge < -0.3 is 29.9 Å². The SMILES string of the molecule is C=CC(=O)Nc1cc(Nc2ncc(Cl)c(OC3(C)CN(S(C)(=O)=O)C3)n2)c(OC)cc1N1CCC(N(C)C)CC1. The lowest BCUT2D eigenvalue weighted by atomic mass is 10.00. The summed E-state index contributed by atoms with van der Waals surface area (Å²) >= 11 is 6.31. The van der Waals surface area contributed by atoms with Crippen molar-refractivity contribution >= 4 is 50.5 Å². The molecule has 4 rings (SSSR count). The summed E-state index contributed by atoms with van der Waals surface area (Å²) in [6.45, 7) is 7.38. The van der Waals surface area contributed by atoms with Crippen molar-refractivity contribution in [1.82, 2.24) is 19.2 Å². The minimum Gasteiger partial charge on any atom is -0.494 e. The maximum Gasteiger partial charge on any atom is 0.247 e. The van der Waals surface area contributed by atoms with E-state index in [2.05, 4.69) is 51.1 Å². The summed E-state index contributed by atoms with van der Waals surface area (Å²) in [5.74, 6) is 0.489. The van der Waals surface area contributed by atoms with Gasteiger partial charge in [0.25, 0.3) is 0 Å². The summed E-state index contributed by atoms with van der Waals surface area (Å²) in [7, 11) is 2.43. The quantitative estimate of drug-likeness (QED) is 0.397. The van der Waals surface area contributed by atoms with Gasteiger partial charge in [-0.2, -0.15) is 9.29 Å². The number of anilines is 4. The second-order valence-electron chi connectivity index (χ2n) is 10.5. The largest absolute Gasteiger partial charge is 0.494 e. The van der Waals surface area contributed by atoms with E-state index in [4.69, 9.17) is 21.1 Å². The van der Waals surface area contributed by atoms with Gasteiger partial charge in [-0.25, -0.2) is 13.4 Å². The predicted molar refractivity (Wildman–Crippen MR) is 157 cm³/mol. The summed E-state index contributed by atoms with van der Waals surface area (Å²) < 4.78 is 36.6. The van der Waals surface area contributed by atoms with E-state index in [1.54, 1.807) is 20.1 Å². The van der Waals surface area contributed by atoms with Gasteiger partial charge in [0.1, 0.15) is 16.4 Å². The van der Waals surface area contributed by atoms with Crippen molar-refractivity contribution in [3.8, 4) is 11.6 Å². The topological polar surface area (TPSA) is 129 Å². The second kappa shape index (κ2) is 11.8. The van der Waals surface area contributed by atoms with E-state index in [9.17, 15) is 13.2 Å². The standard InChI is InChI=1S/C26H36ClN7O5S/c1-7-23(35)29-19-12-20(22(38-5)13-21(19)33-10-8-17(9-11-33)32(3)4)30-25-28-14-18(27)24(31-25)39-26(2)15-34(16-26)40(6,36)37/h7,12-14,17H,1,8-11,15-16H2,2-6H3,(H,29,35)(H,28,30,31). The lowest BCUT2D eigenvalue weighted by molar-refractivity contribution is -0.111. The lowest BCUT2D eigenvalue weighted by Crippen LogP contribution is -2.64. The Morgan fingerprint density at radius 3 is 2.50 bits per heavy atom. The van der Waals surface area contributed by atoms with Crippen LogP contribution in [-0.2, 0) is 14.8 Å². The normalized spacial score (nSPS) is 17.7. The summed E-state index contributed by atoms with van der Waals surface area (Å²) in [6.07, 6.45) is 5.76. The molecule has 1 aromatic heterocycles. The van der Waals surface area contributed by atoms with E-state index in [0.717, 1.165) is 37.9 Å². The summed E-state index contributed by atoms with van der Waals surface area (Å²) in [5.41, 5.74) is 1.16. The molecule has 2 fully saturated rings. The molecule has 0 unspecified atom stereocenters. The Labute approximate surface area is 240 Å². The fraction of sp³-hybridized carbons (Fsp3) is 0.500. The number of ether oxygens (including phenoxy) is 2. The van der Waals surface area contributed by atoms with Crippen molar-refractivity contribution in [3.05, 3.63) is 36.0 Å². The molecule has 2 N–H and O–H groups in total. The number of benzene rings is 1. The summed E-state index contributed by atoms with van der Waals surface area (Å²) in [4.78, 5) is 25.5. The molecule has 14 heteroatoms. The summed E-state index contributed by atoms with van der Waals surface area (Å²) in [6, 6.07) is 4.14. The molecule has 0 aliphatic carbocycles. The monoisotopic (exact) mass is 593 g/mol. The van der Waals surface area contributed by atoms with Crippen LogP contribution in [0.2, 0.25) is 5.02 Å². The van der Waals surface area contributed by atoms with Crippen LogP contribution in [0.5, 0.6) is 11.6 Å². The number of hydrogen-bond acceptors (Lipinski definition) is 10. The third-order valence-electron chi connectivity index (χ3n) is 7.09. The Balaban J connectivity index is 1.59. The van der Waals surface area contributed by atoms with Crippen LogP contribution >= 0.6 is 11.6 Å². The first kappa shape index (κ1) is 29.8. The number of halogens is 1. The van der Waals surface area contributed by atoms with Gasteiger partial charge in [0.05, 0.1) is 49.7 Å². The first-order valence-electron chi connectivity index (χ1n) is 12.8. The van der Waals surface area contributed by atoms with Crippen LogP contribution in [0.3, 0.4) is 0 Å². The molecule has 2 aliphatic rings. The number of aromatic nitrogens is 2. The van der Waals surface area contributed by atoms with Gasteiger partial charge in [-0.05, 0) is 46.0 Å². The predicted octanol–water partition coefficient (Wildman–Crippen LogP) is 2.95. The Morgan fingerprint density at radius 2 is 1.93 bits per heavy atom. The molecule has 0 radical (unpaired) electrons. The van der Waals surface area contributed by atoms with Crippen LogP contribution in [0, 0.1) is 0 Å². The molecule has 2 aliphatic heterocycles. The van der Waals surface area contributed by atoms with E-state index in [-0.39, 0.29) is 35.8 Å². The Bertz CT molecular complexity index is 1370. The van der Waals surface area contributed by atoms with Crippen molar-refractivity contribution in [2.75, 3.05) is 69.2 Å². The van der Waals surface area contributed by atoms with Gasteiger partial charge >= 0.3 is 0 Å². The molecule has 0 bridgehead atoms. The first-order chi connectivity index (χ1) is 18.8. The molecule has 40 heavy (non-hydrogen) atoms. The molecule has 1 amide bonds. The molecule has 12 nitrogen and oxygen atoms in total. The molecular formula is C26H36ClN7O5S.